The Labute approximate surface area is 125 Å². The molecule has 0 aliphatic rings. The van der Waals surface area contributed by atoms with E-state index in [2.05, 4.69) is 59.7 Å². The van der Waals surface area contributed by atoms with Gasteiger partial charge in [0.2, 0.25) is 0 Å². The topological polar surface area (TPSA) is 0 Å². The second-order valence-electron chi connectivity index (χ2n) is 5.29. The number of rotatable bonds is 3. The average molecular weight is 417 g/mol. The van der Waals surface area contributed by atoms with Gasteiger partial charge in [0.05, 0.1) is 0 Å². The van der Waals surface area contributed by atoms with E-state index < -0.39 is 0 Å². The third-order valence-corrected chi connectivity index (χ3v) is 2.84. The van der Waals surface area contributed by atoms with Crippen LogP contribution in [0.1, 0.15) is 80.3 Å². The molecule has 0 fully saturated rings. The average Bonchev–Trinajstić information content (AvgIpc) is 2.16. The van der Waals surface area contributed by atoms with E-state index in [0.717, 1.165) is 0 Å². The number of hydrogen-bond donors (Lipinski definition) is 0. The molecule has 1 aromatic rings. The van der Waals surface area contributed by atoms with Gasteiger partial charge in [0.25, 0.3) is 0 Å². The second-order valence-corrected chi connectivity index (χ2v) is 5.29. The van der Waals surface area contributed by atoms with Gasteiger partial charge in [-0.2, -0.15) is 0 Å². The Hall–Kier alpha value is 0.142. The largest absolute Gasteiger partial charge is 0.0587 e. The fourth-order valence-electron chi connectivity index (χ4n) is 1.59. The Balaban J connectivity index is -0.000000281. The summed E-state index contributed by atoms with van der Waals surface area (Å²) in [4.78, 5) is 0. The van der Waals surface area contributed by atoms with Crippen molar-refractivity contribution in [3.05, 3.63) is 34.9 Å². The van der Waals surface area contributed by atoms with Crippen molar-refractivity contribution in [1.82, 2.24) is 0 Å². The molecule has 16 heavy (non-hydrogen) atoms. The standard InChI is InChI=1S/C15H23.Pb.3H2/c1-10(2)13-7-14(11(3)4)9-15(8-13)12(5)6;;;;/h7-8,10-12H,1-6H3;;3*1H. The Morgan fingerprint density at radius 3 is 1.44 bits per heavy atom. The minimum absolute atomic E-state index is 0. The fraction of sp³-hybridized carbons (Fsp3) is 0.600. The molecule has 1 aromatic carbocycles. The van der Waals surface area contributed by atoms with Gasteiger partial charge in [0.15, 0.2) is 0 Å². The Morgan fingerprint density at radius 2 is 1.19 bits per heavy atom. The van der Waals surface area contributed by atoms with Crippen molar-refractivity contribution < 1.29 is 4.28 Å². The van der Waals surface area contributed by atoms with E-state index in [1.165, 1.54) is 16.7 Å². The molecule has 93 valence electrons. The van der Waals surface area contributed by atoms with Crippen LogP contribution in [-0.4, -0.2) is 27.3 Å². The first-order valence-corrected chi connectivity index (χ1v) is 5.98. The predicted octanol–water partition coefficient (Wildman–Crippen LogP) is 5.21. The van der Waals surface area contributed by atoms with E-state index in [1.54, 1.807) is 0 Å². The Kier molecular flexibility index (Phi) is 6.84. The molecule has 1 rings (SSSR count). The van der Waals surface area contributed by atoms with Crippen molar-refractivity contribution in [2.75, 3.05) is 0 Å². The molecule has 0 N–H and O–H groups in total. The van der Waals surface area contributed by atoms with Crippen molar-refractivity contribution in [1.29, 1.82) is 0 Å². The predicted molar refractivity (Wildman–Crippen MR) is 79.6 cm³/mol. The molecule has 0 spiro atoms. The SMILES string of the molecule is CC(C)c1[c]c(C(C)C)cc(C(C)C)c1.[HH].[HH].[HH].[Pb]. The van der Waals surface area contributed by atoms with Gasteiger partial charge in [-0.05, 0) is 40.5 Å². The van der Waals surface area contributed by atoms with Crippen LogP contribution in [-0.2, 0) is 0 Å². The van der Waals surface area contributed by atoms with Crippen LogP contribution >= 0.6 is 0 Å². The quantitative estimate of drug-likeness (QED) is 0.593. The molecule has 0 saturated heterocycles. The second kappa shape index (κ2) is 6.78. The van der Waals surface area contributed by atoms with Crippen LogP contribution in [0.15, 0.2) is 12.1 Å². The minimum Gasteiger partial charge on any atom is -0.0587 e. The zero-order valence-corrected chi connectivity index (χ0v) is 15.3. The number of hydrogen-bond acceptors (Lipinski definition) is 0. The van der Waals surface area contributed by atoms with E-state index in [-0.39, 0.29) is 31.6 Å². The summed E-state index contributed by atoms with van der Waals surface area (Å²) in [5.74, 6) is 1.75. The molecular weight excluding hydrogens is 387 g/mol. The molecule has 0 bridgehead atoms. The van der Waals surface area contributed by atoms with Gasteiger partial charge in [0, 0.05) is 31.6 Å². The van der Waals surface area contributed by atoms with Gasteiger partial charge < -0.3 is 0 Å². The van der Waals surface area contributed by atoms with Crippen LogP contribution in [0.2, 0.25) is 0 Å². The van der Waals surface area contributed by atoms with E-state index in [1.807, 2.05) is 0 Å². The molecule has 0 unspecified atom stereocenters. The molecular formula is C15H29Pb. The van der Waals surface area contributed by atoms with Crippen molar-refractivity contribution in [2.45, 2.75) is 59.3 Å². The molecule has 1 heteroatoms. The summed E-state index contributed by atoms with van der Waals surface area (Å²) in [7, 11) is 0. The fourth-order valence-corrected chi connectivity index (χ4v) is 1.59. The van der Waals surface area contributed by atoms with Crippen LogP contribution < -0.4 is 0 Å². The summed E-state index contributed by atoms with van der Waals surface area (Å²) in [6.45, 7) is 13.5. The maximum absolute atomic E-state index is 3.54. The molecule has 0 aliphatic heterocycles. The zero-order chi connectivity index (χ0) is 11.6. The van der Waals surface area contributed by atoms with Crippen molar-refractivity contribution in [3.8, 4) is 0 Å². The van der Waals surface area contributed by atoms with Crippen molar-refractivity contribution in [3.63, 3.8) is 0 Å². The van der Waals surface area contributed by atoms with Crippen LogP contribution in [0.3, 0.4) is 0 Å². The maximum Gasteiger partial charge on any atom is 0 e. The zero-order valence-electron chi connectivity index (χ0n) is 11.4. The van der Waals surface area contributed by atoms with Gasteiger partial charge >= 0.3 is 0 Å². The molecule has 0 nitrogen and oxygen atoms in total. The third kappa shape index (κ3) is 4.19. The normalized spacial score (nSPS) is 11.1. The van der Waals surface area contributed by atoms with Crippen LogP contribution in [0.4, 0.5) is 0 Å². The molecule has 0 atom stereocenters. The van der Waals surface area contributed by atoms with Crippen LogP contribution in [0.5, 0.6) is 0 Å². The van der Waals surface area contributed by atoms with E-state index in [0.29, 0.717) is 17.8 Å². The van der Waals surface area contributed by atoms with Crippen LogP contribution in [0.25, 0.3) is 0 Å². The molecule has 0 saturated carbocycles. The monoisotopic (exact) mass is 417 g/mol. The Morgan fingerprint density at radius 1 is 0.812 bits per heavy atom. The summed E-state index contributed by atoms with van der Waals surface area (Å²) in [6.07, 6.45) is 0. The smallest absolute Gasteiger partial charge is 0 e. The summed E-state index contributed by atoms with van der Waals surface area (Å²) in [6, 6.07) is 8.15. The summed E-state index contributed by atoms with van der Waals surface area (Å²) in [5.41, 5.74) is 4.15. The summed E-state index contributed by atoms with van der Waals surface area (Å²) >= 11 is 0. The molecule has 5 radical (unpaired) electrons. The van der Waals surface area contributed by atoms with E-state index >= 15 is 0 Å². The van der Waals surface area contributed by atoms with Gasteiger partial charge in [-0.15, -0.1) is 0 Å². The van der Waals surface area contributed by atoms with E-state index in [9.17, 15) is 0 Å². The van der Waals surface area contributed by atoms with E-state index in [4.69, 9.17) is 0 Å². The molecule has 0 aromatic heterocycles. The van der Waals surface area contributed by atoms with Gasteiger partial charge in [-0.1, -0.05) is 53.7 Å². The van der Waals surface area contributed by atoms with Gasteiger partial charge in [0.1, 0.15) is 0 Å². The van der Waals surface area contributed by atoms with Gasteiger partial charge in [-0.3, -0.25) is 0 Å². The first-order chi connectivity index (χ1) is 6.91. The molecule has 0 heterocycles. The summed E-state index contributed by atoms with van der Waals surface area (Å²) in [5, 5.41) is 0. The van der Waals surface area contributed by atoms with Gasteiger partial charge in [-0.25, -0.2) is 0 Å². The van der Waals surface area contributed by atoms with Crippen LogP contribution in [0, 0.1) is 6.07 Å². The number of benzene rings is 1. The molecule has 0 aliphatic carbocycles. The third-order valence-electron chi connectivity index (χ3n) is 2.84. The maximum atomic E-state index is 3.54. The minimum atomic E-state index is 0. The first-order valence-electron chi connectivity index (χ1n) is 5.98. The first kappa shape index (κ1) is 16.1. The van der Waals surface area contributed by atoms with Crippen molar-refractivity contribution >= 4 is 27.3 Å². The molecule has 0 amide bonds. The van der Waals surface area contributed by atoms with Crippen molar-refractivity contribution in [2.24, 2.45) is 0 Å². The summed E-state index contributed by atoms with van der Waals surface area (Å²) < 4.78 is 0. The Bertz CT molecular complexity index is 271.